The van der Waals surface area contributed by atoms with Crippen LogP contribution in [0.5, 0.6) is 16.6 Å². The minimum absolute atomic E-state index is 0.791. The van der Waals surface area contributed by atoms with Crippen molar-refractivity contribution in [3.8, 4) is 16.6 Å². The maximum atomic E-state index is 5.60. The first-order chi connectivity index (χ1) is 7.28. The Bertz CT molecular complexity index is 436. The van der Waals surface area contributed by atoms with Crippen LogP contribution in [0, 0.1) is 6.92 Å². The number of rotatable bonds is 3. The molecule has 2 rings (SSSR count). The third-order valence-electron chi connectivity index (χ3n) is 1.88. The van der Waals surface area contributed by atoms with Crippen molar-refractivity contribution in [2.45, 2.75) is 6.92 Å². The lowest BCUT2D eigenvalue weighted by Crippen LogP contribution is -1.83. The summed E-state index contributed by atoms with van der Waals surface area (Å²) in [6.45, 7) is 1.95. The van der Waals surface area contributed by atoms with E-state index >= 15 is 0 Å². The summed E-state index contributed by atoms with van der Waals surface area (Å²) in [6.07, 6.45) is 1.73. The Hall–Kier alpha value is -1.55. The van der Waals surface area contributed by atoms with Gasteiger partial charge in [0, 0.05) is 0 Å². The van der Waals surface area contributed by atoms with Gasteiger partial charge in [-0.25, -0.2) is 4.98 Å². The Labute approximate surface area is 92.3 Å². The van der Waals surface area contributed by atoms with Gasteiger partial charge < -0.3 is 9.47 Å². The largest absolute Gasteiger partial charge is 0.497 e. The third kappa shape index (κ3) is 2.47. The van der Waals surface area contributed by atoms with E-state index in [1.165, 1.54) is 11.3 Å². The quantitative estimate of drug-likeness (QED) is 0.797. The molecule has 0 saturated heterocycles. The molecule has 15 heavy (non-hydrogen) atoms. The molecule has 1 heterocycles. The molecule has 0 saturated carbocycles. The number of aryl methyl sites for hydroxylation is 1. The minimum atomic E-state index is 0.791. The van der Waals surface area contributed by atoms with Crippen molar-refractivity contribution in [1.29, 1.82) is 0 Å². The van der Waals surface area contributed by atoms with Gasteiger partial charge in [0.15, 0.2) is 0 Å². The van der Waals surface area contributed by atoms with Gasteiger partial charge in [-0.1, -0.05) is 11.3 Å². The molecule has 0 fully saturated rings. The van der Waals surface area contributed by atoms with Crippen molar-refractivity contribution < 1.29 is 9.47 Å². The standard InChI is InChI=1S/C11H11NO2S/c1-8-12-7-11(15-8)14-10-5-3-9(13-2)4-6-10/h3-7H,1-2H3. The number of ether oxygens (including phenoxy) is 2. The molecule has 78 valence electrons. The maximum absolute atomic E-state index is 5.60. The molecule has 0 atom stereocenters. The van der Waals surface area contributed by atoms with Crippen molar-refractivity contribution in [1.82, 2.24) is 4.98 Å². The highest BCUT2D eigenvalue weighted by Gasteiger charge is 2.00. The lowest BCUT2D eigenvalue weighted by Gasteiger charge is -2.03. The van der Waals surface area contributed by atoms with E-state index in [0.717, 1.165) is 21.6 Å². The van der Waals surface area contributed by atoms with E-state index in [9.17, 15) is 0 Å². The zero-order valence-electron chi connectivity index (χ0n) is 8.56. The summed E-state index contributed by atoms with van der Waals surface area (Å²) in [6, 6.07) is 7.47. The van der Waals surface area contributed by atoms with E-state index in [-0.39, 0.29) is 0 Å². The average molecular weight is 221 g/mol. The van der Waals surface area contributed by atoms with E-state index < -0.39 is 0 Å². The maximum Gasteiger partial charge on any atom is 0.200 e. The molecule has 0 radical (unpaired) electrons. The van der Waals surface area contributed by atoms with Crippen molar-refractivity contribution >= 4 is 11.3 Å². The van der Waals surface area contributed by atoms with Crippen LogP contribution in [0.1, 0.15) is 5.01 Å². The predicted molar refractivity (Wildman–Crippen MR) is 59.9 cm³/mol. The van der Waals surface area contributed by atoms with E-state index in [0.29, 0.717) is 0 Å². The number of nitrogens with zero attached hydrogens (tertiary/aromatic N) is 1. The predicted octanol–water partition coefficient (Wildman–Crippen LogP) is 3.25. The van der Waals surface area contributed by atoms with Crippen molar-refractivity contribution in [2.75, 3.05) is 7.11 Å². The van der Waals surface area contributed by atoms with Crippen LogP contribution in [0.25, 0.3) is 0 Å². The third-order valence-corrected chi connectivity index (χ3v) is 2.67. The molecule has 0 N–H and O–H groups in total. The lowest BCUT2D eigenvalue weighted by atomic mass is 10.3. The molecule has 0 aliphatic rings. The molecule has 3 nitrogen and oxygen atoms in total. The number of aromatic nitrogens is 1. The Morgan fingerprint density at radius 3 is 2.33 bits per heavy atom. The Kier molecular flexibility index (Phi) is 2.87. The number of hydrogen-bond donors (Lipinski definition) is 0. The fraction of sp³-hybridized carbons (Fsp3) is 0.182. The van der Waals surface area contributed by atoms with Gasteiger partial charge in [0.05, 0.1) is 18.3 Å². The van der Waals surface area contributed by atoms with Gasteiger partial charge in [-0.05, 0) is 31.2 Å². The Morgan fingerprint density at radius 1 is 1.13 bits per heavy atom. The van der Waals surface area contributed by atoms with Gasteiger partial charge in [-0.15, -0.1) is 0 Å². The van der Waals surface area contributed by atoms with Gasteiger partial charge >= 0.3 is 0 Å². The monoisotopic (exact) mass is 221 g/mol. The Balaban J connectivity index is 2.11. The second kappa shape index (κ2) is 4.31. The highest BCUT2D eigenvalue weighted by Crippen LogP contribution is 2.27. The van der Waals surface area contributed by atoms with E-state index in [4.69, 9.17) is 9.47 Å². The first-order valence-corrected chi connectivity index (χ1v) is 5.34. The molecule has 1 aromatic heterocycles. The van der Waals surface area contributed by atoms with Crippen molar-refractivity contribution in [3.63, 3.8) is 0 Å². The zero-order valence-corrected chi connectivity index (χ0v) is 9.38. The fourth-order valence-corrected chi connectivity index (χ4v) is 1.79. The van der Waals surface area contributed by atoms with Gasteiger partial charge in [0.2, 0.25) is 5.06 Å². The summed E-state index contributed by atoms with van der Waals surface area (Å²) in [5.74, 6) is 1.61. The highest BCUT2D eigenvalue weighted by molar-refractivity contribution is 7.13. The molecule has 0 aliphatic carbocycles. The van der Waals surface area contributed by atoms with Crippen LogP contribution in [0.4, 0.5) is 0 Å². The van der Waals surface area contributed by atoms with Crippen LogP contribution in [0.15, 0.2) is 30.5 Å². The highest BCUT2D eigenvalue weighted by atomic mass is 32.1. The van der Waals surface area contributed by atoms with Gasteiger partial charge in [0.25, 0.3) is 0 Å². The topological polar surface area (TPSA) is 31.4 Å². The van der Waals surface area contributed by atoms with Gasteiger partial charge in [0.1, 0.15) is 11.5 Å². The second-order valence-corrected chi connectivity index (χ2v) is 4.17. The molecule has 0 bridgehead atoms. The van der Waals surface area contributed by atoms with Crippen molar-refractivity contribution in [2.24, 2.45) is 0 Å². The van der Waals surface area contributed by atoms with Gasteiger partial charge in [-0.3, -0.25) is 0 Å². The van der Waals surface area contributed by atoms with Crippen LogP contribution in [0.3, 0.4) is 0 Å². The number of hydrogen-bond acceptors (Lipinski definition) is 4. The molecule has 1 aromatic carbocycles. The first-order valence-electron chi connectivity index (χ1n) is 4.52. The number of methoxy groups -OCH3 is 1. The molecular formula is C11H11NO2S. The summed E-state index contributed by atoms with van der Waals surface area (Å²) >= 11 is 1.53. The van der Waals surface area contributed by atoms with Crippen LogP contribution >= 0.6 is 11.3 Å². The van der Waals surface area contributed by atoms with Crippen molar-refractivity contribution in [3.05, 3.63) is 35.5 Å². The summed E-state index contributed by atoms with van der Waals surface area (Å²) in [5.41, 5.74) is 0. The smallest absolute Gasteiger partial charge is 0.200 e. The molecule has 4 heteroatoms. The van der Waals surface area contributed by atoms with Gasteiger partial charge in [-0.2, -0.15) is 0 Å². The molecule has 0 aliphatic heterocycles. The molecule has 0 unspecified atom stereocenters. The van der Waals surface area contributed by atoms with Crippen LogP contribution in [0.2, 0.25) is 0 Å². The van der Waals surface area contributed by atoms with E-state index in [1.54, 1.807) is 13.3 Å². The average Bonchev–Trinajstić information content (AvgIpc) is 2.65. The molecule has 0 amide bonds. The minimum Gasteiger partial charge on any atom is -0.497 e. The SMILES string of the molecule is COc1ccc(Oc2cnc(C)s2)cc1. The molecule has 0 spiro atoms. The molecule has 2 aromatic rings. The van der Waals surface area contributed by atoms with E-state index in [1.807, 2.05) is 31.2 Å². The van der Waals surface area contributed by atoms with Crippen LogP contribution in [-0.2, 0) is 0 Å². The fourth-order valence-electron chi connectivity index (χ4n) is 1.15. The summed E-state index contributed by atoms with van der Waals surface area (Å²) in [4.78, 5) is 4.12. The summed E-state index contributed by atoms with van der Waals surface area (Å²) < 4.78 is 10.7. The van der Waals surface area contributed by atoms with E-state index in [2.05, 4.69) is 4.98 Å². The number of thiazole rings is 1. The zero-order chi connectivity index (χ0) is 10.7. The Morgan fingerprint density at radius 2 is 1.80 bits per heavy atom. The second-order valence-electron chi connectivity index (χ2n) is 2.98. The summed E-state index contributed by atoms with van der Waals surface area (Å²) in [5, 5.41) is 1.80. The van der Waals surface area contributed by atoms with Crippen LogP contribution in [-0.4, -0.2) is 12.1 Å². The first kappa shape index (κ1) is 9.98. The molecular weight excluding hydrogens is 210 g/mol. The normalized spacial score (nSPS) is 10.0. The summed E-state index contributed by atoms with van der Waals surface area (Å²) in [7, 11) is 1.64. The number of benzene rings is 1. The van der Waals surface area contributed by atoms with Crippen LogP contribution < -0.4 is 9.47 Å². The lowest BCUT2D eigenvalue weighted by molar-refractivity contribution is 0.413.